The minimum atomic E-state index is -0.620. The van der Waals surface area contributed by atoms with Crippen LogP contribution in [-0.4, -0.2) is 54.7 Å². The molecule has 0 bridgehead atoms. The number of carbonyl (C=O) groups is 3. The van der Waals surface area contributed by atoms with Crippen LogP contribution in [-0.2, 0) is 14.6 Å². The minimum absolute atomic E-state index is 0.0746. The topological polar surface area (TPSA) is 108 Å². The molecule has 1 unspecified atom stereocenters. The van der Waals surface area contributed by atoms with Crippen molar-refractivity contribution in [1.29, 1.82) is 0 Å². The summed E-state index contributed by atoms with van der Waals surface area (Å²) in [5.41, 5.74) is 3.49. The summed E-state index contributed by atoms with van der Waals surface area (Å²) in [6.07, 6.45) is 1.31. The maximum Gasteiger partial charge on any atom is 0.427 e. The number of rotatable bonds is 8. The van der Waals surface area contributed by atoms with Crippen LogP contribution < -0.4 is 5.43 Å². The van der Waals surface area contributed by atoms with Crippen molar-refractivity contribution < 1.29 is 24.2 Å². The summed E-state index contributed by atoms with van der Waals surface area (Å²) in [5.74, 6) is -0.376. The molecule has 8 nitrogen and oxygen atoms in total. The second-order valence-electron chi connectivity index (χ2n) is 8.04. The molecular formula is C22H30N3O5. The quantitative estimate of drug-likeness (QED) is 0.399. The molecule has 8 heteroatoms. The lowest BCUT2D eigenvalue weighted by Gasteiger charge is -2.30. The highest BCUT2D eigenvalue weighted by molar-refractivity contribution is 5.99. The fourth-order valence-electron chi connectivity index (χ4n) is 3.06. The van der Waals surface area contributed by atoms with Crippen molar-refractivity contribution >= 4 is 24.0 Å². The number of carbonyl (C=O) groups excluding carboxylic acids is 3. The molecule has 0 aromatic heterocycles. The molecule has 1 heterocycles. The molecule has 0 saturated carbocycles. The SMILES string of the molecule is CC(C)COC(=O)NN=Cc1ccc(C(=O)CC(C)C(=O)N2CCC([O])CC2)cc1. The molecule has 0 aliphatic carbocycles. The van der Waals surface area contributed by atoms with Gasteiger partial charge < -0.3 is 9.64 Å². The lowest BCUT2D eigenvalue weighted by Crippen LogP contribution is -2.42. The predicted molar refractivity (Wildman–Crippen MR) is 112 cm³/mol. The molecule has 2 amide bonds. The maximum atomic E-state index is 12.5. The van der Waals surface area contributed by atoms with Crippen molar-refractivity contribution in [3.05, 3.63) is 35.4 Å². The van der Waals surface area contributed by atoms with E-state index in [0.29, 0.717) is 43.7 Å². The molecule has 1 saturated heterocycles. The van der Waals surface area contributed by atoms with Gasteiger partial charge >= 0.3 is 6.09 Å². The van der Waals surface area contributed by atoms with Crippen molar-refractivity contribution in [3.8, 4) is 0 Å². The van der Waals surface area contributed by atoms with Gasteiger partial charge in [0.15, 0.2) is 5.78 Å². The van der Waals surface area contributed by atoms with Crippen LogP contribution in [0.1, 0.15) is 56.0 Å². The summed E-state index contributed by atoms with van der Waals surface area (Å²) in [4.78, 5) is 38.1. The Labute approximate surface area is 177 Å². The van der Waals surface area contributed by atoms with Crippen LogP contribution >= 0.6 is 0 Å². The standard InChI is InChI=1S/C22H30N3O5/c1-15(2)14-30-22(29)24-23-13-17-4-6-18(7-5-17)20(27)12-16(3)21(28)25-10-8-19(26)9-11-25/h4-7,13,15-16,19H,8-12,14H2,1-3H3,(H,24,29). The smallest absolute Gasteiger partial charge is 0.427 e. The second kappa shape index (κ2) is 11.4. The van der Waals surface area contributed by atoms with Gasteiger partial charge in [0.2, 0.25) is 5.91 Å². The fraction of sp³-hybridized carbons (Fsp3) is 0.545. The maximum absolute atomic E-state index is 12.5. The highest BCUT2D eigenvalue weighted by Gasteiger charge is 2.27. The number of benzene rings is 1. The third-order valence-corrected chi connectivity index (χ3v) is 4.82. The van der Waals surface area contributed by atoms with E-state index in [1.807, 2.05) is 13.8 Å². The Morgan fingerprint density at radius 2 is 1.80 bits per heavy atom. The Kier molecular flexibility index (Phi) is 8.98. The van der Waals surface area contributed by atoms with Gasteiger partial charge in [-0.05, 0) is 24.3 Å². The average Bonchev–Trinajstić information content (AvgIpc) is 2.72. The first-order chi connectivity index (χ1) is 14.3. The molecule has 1 fully saturated rings. The van der Waals surface area contributed by atoms with Crippen LogP contribution in [0.4, 0.5) is 4.79 Å². The number of hydrogen-bond acceptors (Lipinski definition) is 5. The molecule has 1 aliphatic heterocycles. The van der Waals surface area contributed by atoms with Gasteiger partial charge in [-0.2, -0.15) is 5.10 Å². The van der Waals surface area contributed by atoms with Crippen LogP contribution in [0, 0.1) is 11.8 Å². The highest BCUT2D eigenvalue weighted by atomic mass is 16.6. The van der Waals surface area contributed by atoms with E-state index >= 15 is 0 Å². The Morgan fingerprint density at radius 1 is 1.17 bits per heavy atom. The van der Waals surface area contributed by atoms with Gasteiger partial charge in [-0.15, -0.1) is 0 Å². The van der Waals surface area contributed by atoms with Gasteiger partial charge in [-0.1, -0.05) is 45.0 Å². The fourth-order valence-corrected chi connectivity index (χ4v) is 3.06. The number of ketones is 1. The van der Waals surface area contributed by atoms with Crippen molar-refractivity contribution in [3.63, 3.8) is 0 Å². The number of nitrogens with zero attached hydrogens (tertiary/aromatic N) is 2. The van der Waals surface area contributed by atoms with E-state index in [4.69, 9.17) is 4.74 Å². The highest BCUT2D eigenvalue weighted by Crippen LogP contribution is 2.17. The van der Waals surface area contributed by atoms with Crippen molar-refractivity contribution in [2.24, 2.45) is 16.9 Å². The lowest BCUT2D eigenvalue weighted by atomic mass is 9.97. The lowest BCUT2D eigenvalue weighted by molar-refractivity contribution is -0.137. The van der Waals surface area contributed by atoms with Gasteiger partial charge in [0.05, 0.1) is 18.9 Å². The summed E-state index contributed by atoms with van der Waals surface area (Å²) in [6, 6.07) is 6.76. The zero-order chi connectivity index (χ0) is 22.1. The number of amides is 2. The summed E-state index contributed by atoms with van der Waals surface area (Å²) in [7, 11) is 0. The number of nitrogens with one attached hydrogen (secondary N) is 1. The van der Waals surface area contributed by atoms with E-state index < -0.39 is 18.1 Å². The molecule has 1 aromatic rings. The Bertz CT molecular complexity index is 753. The minimum Gasteiger partial charge on any atom is -0.448 e. The molecule has 30 heavy (non-hydrogen) atoms. The van der Waals surface area contributed by atoms with Gasteiger partial charge in [-0.25, -0.2) is 15.3 Å². The molecule has 1 aromatic carbocycles. The summed E-state index contributed by atoms with van der Waals surface area (Å²) < 4.78 is 4.94. The predicted octanol–water partition coefficient (Wildman–Crippen LogP) is 3.03. The van der Waals surface area contributed by atoms with Crippen molar-refractivity contribution in [2.75, 3.05) is 19.7 Å². The van der Waals surface area contributed by atoms with Gasteiger partial charge in [0, 0.05) is 31.0 Å². The molecular weight excluding hydrogens is 386 g/mol. The number of ether oxygens (including phenoxy) is 1. The van der Waals surface area contributed by atoms with Crippen molar-refractivity contribution in [2.45, 2.75) is 46.1 Å². The molecule has 1 radical (unpaired) electrons. The van der Waals surface area contributed by atoms with Crippen LogP contribution in [0.2, 0.25) is 0 Å². The first kappa shape index (κ1) is 23.5. The molecule has 0 spiro atoms. The average molecular weight is 416 g/mol. The van der Waals surface area contributed by atoms with Crippen molar-refractivity contribution in [1.82, 2.24) is 10.3 Å². The number of hydrazone groups is 1. The van der Waals surface area contributed by atoms with E-state index in [1.165, 1.54) is 6.21 Å². The van der Waals surface area contributed by atoms with Crippen LogP contribution in [0.3, 0.4) is 0 Å². The molecule has 1 atom stereocenters. The van der Waals surface area contributed by atoms with E-state index in [1.54, 1.807) is 36.1 Å². The molecule has 2 rings (SSSR count). The van der Waals surface area contributed by atoms with E-state index in [-0.39, 0.29) is 24.0 Å². The normalized spacial score (nSPS) is 16.0. The van der Waals surface area contributed by atoms with E-state index in [2.05, 4.69) is 10.5 Å². The van der Waals surface area contributed by atoms with E-state index in [0.717, 1.165) is 0 Å². The zero-order valence-corrected chi connectivity index (χ0v) is 17.8. The Morgan fingerprint density at radius 3 is 2.40 bits per heavy atom. The van der Waals surface area contributed by atoms with Gasteiger partial charge in [0.1, 0.15) is 0 Å². The Balaban J connectivity index is 1.82. The first-order valence-electron chi connectivity index (χ1n) is 10.3. The Hall–Kier alpha value is -2.74. The summed E-state index contributed by atoms with van der Waals surface area (Å²) in [5, 5.41) is 15.2. The number of Topliss-reactive ketones (excluding diaryl/α,β-unsaturated/α-hetero) is 1. The van der Waals surface area contributed by atoms with Gasteiger partial charge in [0.25, 0.3) is 0 Å². The largest absolute Gasteiger partial charge is 0.448 e. The first-order valence-corrected chi connectivity index (χ1v) is 10.3. The second-order valence-corrected chi connectivity index (χ2v) is 8.04. The summed E-state index contributed by atoms with van der Waals surface area (Å²) >= 11 is 0. The number of likely N-dealkylation sites (tertiary alicyclic amines) is 1. The molecule has 163 valence electrons. The van der Waals surface area contributed by atoms with Crippen LogP contribution in [0.15, 0.2) is 29.4 Å². The molecule has 1 N–H and O–H groups in total. The van der Waals surface area contributed by atoms with Crippen LogP contribution in [0.5, 0.6) is 0 Å². The third kappa shape index (κ3) is 7.59. The summed E-state index contributed by atoms with van der Waals surface area (Å²) in [6.45, 7) is 6.88. The van der Waals surface area contributed by atoms with E-state index in [9.17, 15) is 19.5 Å². The van der Waals surface area contributed by atoms with Crippen LogP contribution in [0.25, 0.3) is 0 Å². The van der Waals surface area contributed by atoms with Gasteiger partial charge in [-0.3, -0.25) is 9.59 Å². The molecule has 1 aliphatic rings. The third-order valence-electron chi connectivity index (χ3n) is 4.82. The number of hydrogen-bond donors (Lipinski definition) is 1. The monoisotopic (exact) mass is 416 g/mol. The zero-order valence-electron chi connectivity index (χ0n) is 17.8. The number of piperidine rings is 1.